The highest BCUT2D eigenvalue weighted by Gasteiger charge is 2.17. The third-order valence-corrected chi connectivity index (χ3v) is 4.53. The van der Waals surface area contributed by atoms with Crippen LogP contribution in [0.25, 0.3) is 0 Å². The van der Waals surface area contributed by atoms with Crippen LogP contribution in [0.3, 0.4) is 0 Å². The molecule has 0 spiro atoms. The topological polar surface area (TPSA) is 46.6 Å². The molecule has 1 aromatic rings. The van der Waals surface area contributed by atoms with E-state index in [2.05, 4.69) is 0 Å². The van der Waals surface area contributed by atoms with Crippen molar-refractivity contribution in [1.82, 2.24) is 4.31 Å². The Labute approximate surface area is 103 Å². The Kier molecular flexibility index (Phi) is 4.96. The molecular formula is C12H19NO3S. The van der Waals surface area contributed by atoms with Gasteiger partial charge in [0, 0.05) is 13.1 Å². The summed E-state index contributed by atoms with van der Waals surface area (Å²) in [6.07, 6.45) is 0. The molecule has 0 fully saturated rings. The molecule has 0 aromatic heterocycles. The van der Waals surface area contributed by atoms with E-state index in [0.717, 1.165) is 11.3 Å². The second-order valence-electron chi connectivity index (χ2n) is 3.67. The van der Waals surface area contributed by atoms with Crippen molar-refractivity contribution in [3.05, 3.63) is 29.8 Å². The maximum absolute atomic E-state index is 11.8. The zero-order valence-corrected chi connectivity index (χ0v) is 11.3. The standard InChI is InChI=1S/C12H19NO3S/c1-4-13(17(14,15)5-2)10-11-6-8-12(16-3)9-7-11/h6-9H,4-5,10H2,1-3H3. The summed E-state index contributed by atoms with van der Waals surface area (Å²) in [6.45, 7) is 4.40. The average Bonchev–Trinajstić information content (AvgIpc) is 2.36. The summed E-state index contributed by atoms with van der Waals surface area (Å²) in [7, 11) is -1.52. The largest absolute Gasteiger partial charge is 0.497 e. The Balaban J connectivity index is 2.81. The van der Waals surface area contributed by atoms with E-state index in [0.29, 0.717) is 13.1 Å². The van der Waals surface area contributed by atoms with Crippen LogP contribution in [0.4, 0.5) is 0 Å². The second kappa shape index (κ2) is 6.02. The number of rotatable bonds is 6. The van der Waals surface area contributed by atoms with Crippen molar-refractivity contribution < 1.29 is 13.2 Å². The molecule has 0 heterocycles. The van der Waals surface area contributed by atoms with Crippen LogP contribution >= 0.6 is 0 Å². The Morgan fingerprint density at radius 1 is 1.18 bits per heavy atom. The monoisotopic (exact) mass is 257 g/mol. The highest BCUT2D eigenvalue weighted by atomic mass is 32.2. The van der Waals surface area contributed by atoms with Crippen molar-refractivity contribution >= 4 is 10.0 Å². The highest BCUT2D eigenvalue weighted by Crippen LogP contribution is 2.14. The van der Waals surface area contributed by atoms with E-state index in [9.17, 15) is 8.42 Å². The molecule has 0 saturated heterocycles. The van der Waals surface area contributed by atoms with Gasteiger partial charge in [0.1, 0.15) is 5.75 Å². The van der Waals surface area contributed by atoms with Crippen molar-refractivity contribution in [2.45, 2.75) is 20.4 Å². The molecule has 0 aliphatic carbocycles. The second-order valence-corrected chi connectivity index (χ2v) is 5.93. The van der Waals surface area contributed by atoms with Gasteiger partial charge in [-0.25, -0.2) is 8.42 Å². The van der Waals surface area contributed by atoms with Crippen molar-refractivity contribution in [3.8, 4) is 5.75 Å². The molecule has 1 rings (SSSR count). The van der Waals surface area contributed by atoms with Gasteiger partial charge in [-0.2, -0.15) is 4.31 Å². The summed E-state index contributed by atoms with van der Waals surface area (Å²) in [6, 6.07) is 7.43. The lowest BCUT2D eigenvalue weighted by molar-refractivity contribution is 0.412. The Hall–Kier alpha value is -1.07. The van der Waals surface area contributed by atoms with Crippen LogP contribution in [0.5, 0.6) is 5.75 Å². The van der Waals surface area contributed by atoms with E-state index in [1.165, 1.54) is 4.31 Å². The third kappa shape index (κ3) is 3.71. The minimum absolute atomic E-state index is 0.136. The van der Waals surface area contributed by atoms with Crippen molar-refractivity contribution in [2.24, 2.45) is 0 Å². The molecule has 96 valence electrons. The van der Waals surface area contributed by atoms with Gasteiger partial charge >= 0.3 is 0 Å². The van der Waals surface area contributed by atoms with Crippen molar-refractivity contribution in [1.29, 1.82) is 0 Å². The molecule has 0 saturated carbocycles. The van der Waals surface area contributed by atoms with Gasteiger partial charge < -0.3 is 4.74 Å². The third-order valence-electron chi connectivity index (χ3n) is 2.63. The lowest BCUT2D eigenvalue weighted by atomic mass is 10.2. The first-order valence-electron chi connectivity index (χ1n) is 5.64. The molecule has 0 N–H and O–H groups in total. The first kappa shape index (κ1) is 14.0. The first-order valence-corrected chi connectivity index (χ1v) is 7.25. The number of sulfonamides is 1. The average molecular weight is 257 g/mol. The summed E-state index contributed by atoms with van der Waals surface area (Å²) in [5.74, 6) is 0.909. The van der Waals surface area contributed by atoms with E-state index >= 15 is 0 Å². The number of methoxy groups -OCH3 is 1. The first-order chi connectivity index (χ1) is 8.03. The molecule has 5 heteroatoms. The van der Waals surface area contributed by atoms with E-state index in [4.69, 9.17) is 4.74 Å². The summed E-state index contributed by atoms with van der Waals surface area (Å²) >= 11 is 0. The van der Waals surface area contributed by atoms with Crippen LogP contribution < -0.4 is 4.74 Å². The minimum atomic E-state index is -3.12. The maximum Gasteiger partial charge on any atom is 0.214 e. The maximum atomic E-state index is 11.8. The van der Waals surface area contributed by atoms with Gasteiger partial charge in [-0.3, -0.25) is 0 Å². The molecule has 1 aromatic carbocycles. The fourth-order valence-corrected chi connectivity index (χ4v) is 2.63. The molecule has 0 bridgehead atoms. The lowest BCUT2D eigenvalue weighted by Crippen LogP contribution is -2.31. The molecule has 17 heavy (non-hydrogen) atoms. The normalized spacial score (nSPS) is 11.8. The highest BCUT2D eigenvalue weighted by molar-refractivity contribution is 7.89. The summed E-state index contributed by atoms with van der Waals surface area (Å²) in [5, 5.41) is 0. The van der Waals surface area contributed by atoms with Gasteiger partial charge in [0.15, 0.2) is 0 Å². The zero-order valence-electron chi connectivity index (χ0n) is 10.5. The van der Waals surface area contributed by atoms with Crippen LogP contribution in [-0.4, -0.2) is 32.1 Å². The Morgan fingerprint density at radius 3 is 2.18 bits per heavy atom. The summed E-state index contributed by atoms with van der Waals surface area (Å²) in [4.78, 5) is 0. The lowest BCUT2D eigenvalue weighted by Gasteiger charge is -2.19. The van der Waals surface area contributed by atoms with Gasteiger partial charge in [-0.1, -0.05) is 19.1 Å². The molecule has 0 amide bonds. The minimum Gasteiger partial charge on any atom is -0.497 e. The van der Waals surface area contributed by atoms with E-state index < -0.39 is 10.0 Å². The Bertz CT molecular complexity index is 439. The number of benzene rings is 1. The van der Waals surface area contributed by atoms with Crippen molar-refractivity contribution in [3.63, 3.8) is 0 Å². The quantitative estimate of drug-likeness (QED) is 0.781. The van der Waals surface area contributed by atoms with Crippen LogP contribution in [0.2, 0.25) is 0 Å². The number of ether oxygens (including phenoxy) is 1. The SMILES string of the molecule is CCN(Cc1ccc(OC)cc1)S(=O)(=O)CC. The predicted octanol–water partition coefficient (Wildman–Crippen LogP) is 1.87. The van der Waals surface area contributed by atoms with E-state index in [-0.39, 0.29) is 5.75 Å². The molecule has 0 aliphatic rings. The van der Waals surface area contributed by atoms with Gasteiger partial charge in [0.25, 0.3) is 0 Å². The molecular weight excluding hydrogens is 238 g/mol. The smallest absolute Gasteiger partial charge is 0.214 e. The summed E-state index contributed by atoms with van der Waals surface area (Å²) in [5.41, 5.74) is 0.963. The molecule has 0 aliphatic heterocycles. The molecule has 4 nitrogen and oxygen atoms in total. The fraction of sp³-hybridized carbons (Fsp3) is 0.500. The molecule has 0 radical (unpaired) electrons. The predicted molar refractivity (Wildman–Crippen MR) is 68.5 cm³/mol. The number of hydrogen-bond acceptors (Lipinski definition) is 3. The van der Waals surface area contributed by atoms with Gasteiger partial charge in [-0.15, -0.1) is 0 Å². The van der Waals surface area contributed by atoms with Crippen LogP contribution in [-0.2, 0) is 16.6 Å². The van der Waals surface area contributed by atoms with E-state index in [1.807, 2.05) is 31.2 Å². The van der Waals surface area contributed by atoms with E-state index in [1.54, 1.807) is 14.0 Å². The van der Waals surface area contributed by atoms with Crippen LogP contribution in [0.15, 0.2) is 24.3 Å². The van der Waals surface area contributed by atoms with Gasteiger partial charge in [0.2, 0.25) is 10.0 Å². The fourth-order valence-electron chi connectivity index (χ4n) is 1.52. The zero-order chi connectivity index (χ0) is 12.9. The Morgan fingerprint density at radius 2 is 1.76 bits per heavy atom. The van der Waals surface area contributed by atoms with Gasteiger partial charge in [0.05, 0.1) is 12.9 Å². The van der Waals surface area contributed by atoms with Crippen molar-refractivity contribution in [2.75, 3.05) is 19.4 Å². The number of nitrogens with zero attached hydrogens (tertiary/aromatic N) is 1. The van der Waals surface area contributed by atoms with Crippen LogP contribution in [0, 0.1) is 0 Å². The molecule has 0 unspecified atom stereocenters. The number of hydrogen-bond donors (Lipinski definition) is 0. The summed E-state index contributed by atoms with van der Waals surface area (Å²) < 4.78 is 30.1. The van der Waals surface area contributed by atoms with Crippen LogP contribution in [0.1, 0.15) is 19.4 Å². The molecule has 0 atom stereocenters. The van der Waals surface area contributed by atoms with Gasteiger partial charge in [-0.05, 0) is 24.6 Å².